The fourth-order valence-electron chi connectivity index (χ4n) is 3.85. The number of rotatable bonds is 3. The van der Waals surface area contributed by atoms with Crippen molar-refractivity contribution in [2.24, 2.45) is 0 Å². The van der Waals surface area contributed by atoms with Gasteiger partial charge in [0, 0.05) is 23.2 Å². The van der Waals surface area contributed by atoms with Crippen LogP contribution in [0.2, 0.25) is 0 Å². The summed E-state index contributed by atoms with van der Waals surface area (Å²) in [4.78, 5) is 26.5. The van der Waals surface area contributed by atoms with Crippen LogP contribution in [0.25, 0.3) is 27.4 Å². The molecule has 0 fully saturated rings. The van der Waals surface area contributed by atoms with Gasteiger partial charge in [0.2, 0.25) is 5.78 Å². The Morgan fingerprint density at radius 3 is 2.14 bits per heavy atom. The third-order valence-electron chi connectivity index (χ3n) is 5.20. The second-order valence-corrected chi connectivity index (χ2v) is 6.95. The summed E-state index contributed by atoms with van der Waals surface area (Å²) in [6.07, 6.45) is 1.87. The van der Waals surface area contributed by atoms with E-state index in [9.17, 15) is 9.59 Å². The molecule has 138 valence electrons. The van der Waals surface area contributed by atoms with E-state index < -0.39 is 0 Å². The van der Waals surface area contributed by atoms with Gasteiger partial charge in [-0.05, 0) is 17.0 Å². The van der Waals surface area contributed by atoms with Crippen LogP contribution in [-0.4, -0.2) is 10.2 Å². The van der Waals surface area contributed by atoms with E-state index in [1.54, 1.807) is 12.1 Å². The molecule has 29 heavy (non-hydrogen) atoms. The Hall–Kier alpha value is -3.98. The van der Waals surface area contributed by atoms with Crippen molar-refractivity contribution in [3.63, 3.8) is 0 Å². The molecule has 0 aliphatic carbocycles. The van der Waals surface area contributed by atoms with Crippen LogP contribution in [-0.2, 0) is 0 Å². The van der Waals surface area contributed by atoms with Crippen LogP contribution in [0.5, 0.6) is 0 Å². The lowest BCUT2D eigenvalue weighted by Crippen LogP contribution is -2.16. The van der Waals surface area contributed by atoms with E-state index in [1.165, 1.54) is 6.07 Å². The number of carbonyl (C=O) groups excluding carboxylic acids is 1. The number of aromatic nitrogens is 1. The number of nitrogens with zero attached hydrogens (tertiary/aromatic N) is 1. The van der Waals surface area contributed by atoms with Crippen molar-refractivity contribution in [1.82, 2.24) is 4.40 Å². The lowest BCUT2D eigenvalue weighted by atomic mass is 9.98. The molecule has 0 unspecified atom stereocenters. The summed E-state index contributed by atoms with van der Waals surface area (Å²) in [6, 6.07) is 30.0. The molecule has 3 nitrogen and oxygen atoms in total. The zero-order chi connectivity index (χ0) is 19.8. The standard InChI is InChI=1S/C26H17NO2/c28-23-17-22(26(29)20-12-5-2-6-13-20)27-16-15-18-9-7-8-14-21(18)25(27)24(23)19-10-3-1-4-11-19/h1-17H. The van der Waals surface area contributed by atoms with Gasteiger partial charge in [-0.15, -0.1) is 0 Å². The number of pyridine rings is 2. The highest BCUT2D eigenvalue weighted by Crippen LogP contribution is 2.29. The Balaban J connectivity index is 1.93. The molecule has 0 spiro atoms. The van der Waals surface area contributed by atoms with Crippen LogP contribution in [0.15, 0.2) is 108 Å². The molecular formula is C26H17NO2. The predicted octanol–water partition coefficient (Wildman–Crippen LogP) is 5.35. The van der Waals surface area contributed by atoms with E-state index in [1.807, 2.05) is 89.5 Å². The summed E-state index contributed by atoms with van der Waals surface area (Å²) in [5.74, 6) is -0.174. The van der Waals surface area contributed by atoms with E-state index in [0.717, 1.165) is 21.9 Å². The Morgan fingerprint density at radius 2 is 1.38 bits per heavy atom. The third-order valence-corrected chi connectivity index (χ3v) is 5.20. The zero-order valence-corrected chi connectivity index (χ0v) is 15.6. The molecule has 0 radical (unpaired) electrons. The van der Waals surface area contributed by atoms with Crippen LogP contribution in [0, 0.1) is 0 Å². The van der Waals surface area contributed by atoms with Crippen LogP contribution >= 0.6 is 0 Å². The van der Waals surface area contributed by atoms with Crippen LogP contribution in [0.1, 0.15) is 16.1 Å². The average Bonchev–Trinajstić information content (AvgIpc) is 2.79. The summed E-state index contributed by atoms with van der Waals surface area (Å²) in [5, 5.41) is 1.96. The summed E-state index contributed by atoms with van der Waals surface area (Å²) in [6.45, 7) is 0. The van der Waals surface area contributed by atoms with Gasteiger partial charge in [-0.2, -0.15) is 0 Å². The summed E-state index contributed by atoms with van der Waals surface area (Å²) < 4.78 is 1.85. The Bertz CT molecular complexity index is 1420. The van der Waals surface area contributed by atoms with E-state index >= 15 is 0 Å². The zero-order valence-electron chi connectivity index (χ0n) is 15.6. The number of benzene rings is 3. The van der Waals surface area contributed by atoms with Gasteiger partial charge in [0.1, 0.15) is 0 Å². The predicted molar refractivity (Wildman–Crippen MR) is 116 cm³/mol. The number of fused-ring (bicyclic) bond motifs is 3. The molecule has 0 N–H and O–H groups in total. The first-order valence-corrected chi connectivity index (χ1v) is 9.46. The lowest BCUT2D eigenvalue weighted by Gasteiger charge is -2.15. The van der Waals surface area contributed by atoms with E-state index in [0.29, 0.717) is 16.8 Å². The summed E-state index contributed by atoms with van der Waals surface area (Å²) >= 11 is 0. The Morgan fingerprint density at radius 1 is 0.724 bits per heavy atom. The molecule has 0 saturated heterocycles. The third kappa shape index (κ3) is 2.84. The van der Waals surface area contributed by atoms with Gasteiger partial charge in [0.25, 0.3) is 0 Å². The maximum Gasteiger partial charge on any atom is 0.209 e. The summed E-state index contributed by atoms with van der Waals surface area (Å²) in [5.41, 5.74) is 2.95. The molecule has 0 aliphatic rings. The van der Waals surface area contributed by atoms with Gasteiger partial charge in [0.15, 0.2) is 5.43 Å². The molecular weight excluding hydrogens is 358 g/mol. The van der Waals surface area contributed by atoms with Gasteiger partial charge >= 0.3 is 0 Å². The summed E-state index contributed by atoms with van der Waals surface area (Å²) in [7, 11) is 0. The van der Waals surface area contributed by atoms with Crippen molar-refractivity contribution in [3.8, 4) is 11.1 Å². The largest absolute Gasteiger partial charge is 0.312 e. The highest BCUT2D eigenvalue weighted by atomic mass is 16.1. The van der Waals surface area contributed by atoms with Crippen molar-refractivity contribution in [3.05, 3.63) is 125 Å². The minimum Gasteiger partial charge on any atom is -0.312 e. The molecule has 3 heteroatoms. The molecule has 2 heterocycles. The number of hydrogen-bond acceptors (Lipinski definition) is 2. The lowest BCUT2D eigenvalue weighted by molar-refractivity contribution is 0.103. The van der Waals surface area contributed by atoms with Crippen LogP contribution < -0.4 is 5.43 Å². The fraction of sp³-hybridized carbons (Fsp3) is 0. The minimum atomic E-state index is -0.174. The van der Waals surface area contributed by atoms with Gasteiger partial charge in [0.05, 0.1) is 16.8 Å². The van der Waals surface area contributed by atoms with Crippen molar-refractivity contribution < 1.29 is 4.79 Å². The van der Waals surface area contributed by atoms with Gasteiger partial charge in [-0.1, -0.05) is 84.9 Å². The molecule has 0 saturated carbocycles. The second-order valence-electron chi connectivity index (χ2n) is 6.95. The van der Waals surface area contributed by atoms with E-state index in [-0.39, 0.29) is 11.2 Å². The van der Waals surface area contributed by atoms with Crippen molar-refractivity contribution in [1.29, 1.82) is 0 Å². The Kier molecular flexibility index (Phi) is 4.07. The topological polar surface area (TPSA) is 38.5 Å². The second kappa shape index (κ2) is 6.88. The molecule has 3 aromatic carbocycles. The quantitative estimate of drug-likeness (QED) is 0.315. The first-order valence-electron chi connectivity index (χ1n) is 9.46. The highest BCUT2D eigenvalue weighted by Gasteiger charge is 2.19. The van der Waals surface area contributed by atoms with Crippen molar-refractivity contribution in [2.75, 3.05) is 0 Å². The normalized spacial score (nSPS) is 11.0. The maximum absolute atomic E-state index is 13.3. The van der Waals surface area contributed by atoms with Crippen LogP contribution in [0.4, 0.5) is 0 Å². The number of ketones is 1. The molecule has 0 bridgehead atoms. The first-order chi connectivity index (χ1) is 14.2. The van der Waals surface area contributed by atoms with Crippen LogP contribution in [0.3, 0.4) is 0 Å². The fourth-order valence-corrected chi connectivity index (χ4v) is 3.85. The Labute approximate surface area is 167 Å². The molecule has 0 amide bonds. The molecule has 2 aromatic heterocycles. The van der Waals surface area contributed by atoms with Crippen molar-refractivity contribution in [2.45, 2.75) is 0 Å². The smallest absolute Gasteiger partial charge is 0.209 e. The van der Waals surface area contributed by atoms with Gasteiger partial charge < -0.3 is 4.40 Å². The molecule has 0 atom stereocenters. The number of carbonyl (C=O) groups is 1. The molecule has 0 aliphatic heterocycles. The van der Waals surface area contributed by atoms with E-state index in [2.05, 4.69) is 0 Å². The van der Waals surface area contributed by atoms with Gasteiger partial charge in [-0.3, -0.25) is 9.59 Å². The number of hydrogen-bond donors (Lipinski definition) is 0. The highest BCUT2D eigenvalue weighted by molar-refractivity contribution is 6.11. The molecule has 5 rings (SSSR count). The first kappa shape index (κ1) is 17.1. The van der Waals surface area contributed by atoms with Crippen molar-refractivity contribution >= 4 is 22.1 Å². The van der Waals surface area contributed by atoms with Gasteiger partial charge in [-0.25, -0.2) is 0 Å². The minimum absolute atomic E-state index is 0.160. The maximum atomic E-state index is 13.3. The average molecular weight is 375 g/mol. The van der Waals surface area contributed by atoms with E-state index in [4.69, 9.17) is 0 Å². The SMILES string of the molecule is O=C(c1ccccc1)c1cc(=O)c(-c2ccccc2)c2c3ccccc3ccn12. The monoisotopic (exact) mass is 375 g/mol. The molecule has 5 aromatic rings.